The Morgan fingerprint density at radius 3 is 2.75 bits per heavy atom. The van der Waals surface area contributed by atoms with Gasteiger partial charge < -0.3 is 5.11 Å². The minimum Gasteiger partial charge on any atom is -0.389 e. The Kier molecular flexibility index (Phi) is 3.06. The first-order chi connectivity index (χ1) is 5.61. The lowest BCUT2D eigenvalue weighted by Gasteiger charge is -2.01. The number of rotatable bonds is 2. The zero-order valence-electron chi connectivity index (χ0n) is 7.66. The van der Waals surface area contributed by atoms with E-state index >= 15 is 0 Å². The summed E-state index contributed by atoms with van der Waals surface area (Å²) in [6.45, 7) is 5.89. The molecule has 1 rings (SSSR count). The molecule has 0 aliphatic rings. The van der Waals surface area contributed by atoms with Crippen molar-refractivity contribution < 1.29 is 5.11 Å². The molecule has 0 saturated carbocycles. The van der Waals surface area contributed by atoms with Gasteiger partial charge in [0.05, 0.1) is 6.10 Å². The van der Waals surface area contributed by atoms with Gasteiger partial charge in [-0.25, -0.2) is 0 Å². The first-order valence-corrected chi connectivity index (χ1v) is 4.90. The van der Waals surface area contributed by atoms with Gasteiger partial charge >= 0.3 is 0 Å². The van der Waals surface area contributed by atoms with Crippen molar-refractivity contribution in [3.63, 3.8) is 0 Å². The standard InChI is InChI=1S/C10H14OS/c1-7-4-5-12-10(7)8(2)6-9(3)11/h4-6,9,11H,1-3H3/b8-6-. The molecule has 0 bridgehead atoms. The molecule has 1 unspecified atom stereocenters. The van der Waals surface area contributed by atoms with Crippen LogP contribution in [0.5, 0.6) is 0 Å². The summed E-state index contributed by atoms with van der Waals surface area (Å²) >= 11 is 1.72. The van der Waals surface area contributed by atoms with Crippen LogP contribution < -0.4 is 0 Å². The lowest BCUT2D eigenvalue weighted by molar-refractivity contribution is 0.244. The maximum absolute atomic E-state index is 9.14. The summed E-state index contributed by atoms with van der Waals surface area (Å²) in [4.78, 5) is 1.27. The molecule has 1 aromatic heterocycles. The van der Waals surface area contributed by atoms with Gasteiger partial charge in [0.1, 0.15) is 0 Å². The molecule has 1 nitrogen and oxygen atoms in total. The van der Waals surface area contributed by atoms with Crippen molar-refractivity contribution in [2.75, 3.05) is 0 Å². The second-order valence-corrected chi connectivity index (χ2v) is 3.94. The summed E-state index contributed by atoms with van der Waals surface area (Å²) in [5.41, 5.74) is 2.45. The first-order valence-electron chi connectivity index (χ1n) is 4.02. The van der Waals surface area contributed by atoms with Crippen LogP contribution in [0.15, 0.2) is 17.5 Å². The zero-order valence-corrected chi connectivity index (χ0v) is 8.48. The molecular formula is C10H14OS. The monoisotopic (exact) mass is 182 g/mol. The highest BCUT2D eigenvalue weighted by molar-refractivity contribution is 7.11. The molecule has 66 valence electrons. The Morgan fingerprint density at radius 1 is 1.67 bits per heavy atom. The lowest BCUT2D eigenvalue weighted by Crippen LogP contribution is -1.93. The smallest absolute Gasteiger partial charge is 0.0698 e. The molecular weight excluding hydrogens is 168 g/mol. The van der Waals surface area contributed by atoms with Crippen LogP contribution in [0.4, 0.5) is 0 Å². The van der Waals surface area contributed by atoms with E-state index in [0.29, 0.717) is 0 Å². The van der Waals surface area contributed by atoms with Crippen molar-refractivity contribution >= 4 is 16.9 Å². The molecule has 0 amide bonds. The van der Waals surface area contributed by atoms with Gasteiger partial charge in [-0.3, -0.25) is 0 Å². The van der Waals surface area contributed by atoms with E-state index in [4.69, 9.17) is 5.11 Å². The maximum atomic E-state index is 9.14. The summed E-state index contributed by atoms with van der Waals surface area (Å²) in [5, 5.41) is 11.2. The minimum absolute atomic E-state index is 0.355. The summed E-state index contributed by atoms with van der Waals surface area (Å²) in [5.74, 6) is 0. The van der Waals surface area contributed by atoms with Gasteiger partial charge in [0, 0.05) is 4.88 Å². The summed E-state index contributed by atoms with van der Waals surface area (Å²) < 4.78 is 0. The van der Waals surface area contributed by atoms with Crippen LogP contribution in [-0.2, 0) is 0 Å². The van der Waals surface area contributed by atoms with Crippen molar-refractivity contribution in [3.05, 3.63) is 28.0 Å². The molecule has 0 aliphatic carbocycles. The van der Waals surface area contributed by atoms with Crippen LogP contribution in [0, 0.1) is 6.92 Å². The highest BCUT2D eigenvalue weighted by atomic mass is 32.1. The van der Waals surface area contributed by atoms with Crippen molar-refractivity contribution in [2.24, 2.45) is 0 Å². The average molecular weight is 182 g/mol. The molecule has 2 heteroatoms. The van der Waals surface area contributed by atoms with E-state index in [2.05, 4.69) is 18.4 Å². The SMILES string of the molecule is C/C(=C/C(C)O)c1sccc1C. The summed E-state index contributed by atoms with van der Waals surface area (Å²) in [7, 11) is 0. The van der Waals surface area contributed by atoms with Crippen LogP contribution in [-0.4, -0.2) is 11.2 Å². The number of aliphatic hydroxyl groups is 1. The van der Waals surface area contributed by atoms with Gasteiger partial charge in [-0.15, -0.1) is 11.3 Å². The fraction of sp³-hybridized carbons (Fsp3) is 0.400. The van der Waals surface area contributed by atoms with Gasteiger partial charge in [-0.1, -0.05) is 6.08 Å². The van der Waals surface area contributed by atoms with E-state index < -0.39 is 0 Å². The molecule has 0 radical (unpaired) electrons. The van der Waals surface area contributed by atoms with Crippen LogP contribution in [0.3, 0.4) is 0 Å². The Labute approximate surface area is 77.4 Å². The number of thiophene rings is 1. The first kappa shape index (κ1) is 9.49. The van der Waals surface area contributed by atoms with E-state index in [-0.39, 0.29) is 6.10 Å². The second kappa shape index (κ2) is 3.87. The van der Waals surface area contributed by atoms with Crippen molar-refractivity contribution in [1.29, 1.82) is 0 Å². The van der Waals surface area contributed by atoms with Gasteiger partial charge in [0.15, 0.2) is 0 Å². The van der Waals surface area contributed by atoms with E-state index in [1.165, 1.54) is 10.4 Å². The maximum Gasteiger partial charge on any atom is 0.0698 e. The van der Waals surface area contributed by atoms with Crippen molar-refractivity contribution in [3.8, 4) is 0 Å². The minimum atomic E-state index is -0.355. The fourth-order valence-electron chi connectivity index (χ4n) is 1.21. The molecule has 0 saturated heterocycles. The normalized spacial score (nSPS) is 14.8. The van der Waals surface area contributed by atoms with Crippen molar-refractivity contribution in [2.45, 2.75) is 26.9 Å². The van der Waals surface area contributed by atoms with E-state index in [0.717, 1.165) is 5.57 Å². The van der Waals surface area contributed by atoms with Crippen LogP contribution in [0.1, 0.15) is 24.3 Å². The van der Waals surface area contributed by atoms with Crippen LogP contribution >= 0.6 is 11.3 Å². The van der Waals surface area contributed by atoms with Gasteiger partial charge in [0.2, 0.25) is 0 Å². The van der Waals surface area contributed by atoms with E-state index in [9.17, 15) is 0 Å². The quantitative estimate of drug-likeness (QED) is 0.745. The molecule has 0 fully saturated rings. The number of allylic oxidation sites excluding steroid dienone is 1. The summed E-state index contributed by atoms with van der Waals surface area (Å²) in [6.07, 6.45) is 1.52. The molecule has 0 aliphatic heterocycles. The molecule has 1 N–H and O–H groups in total. The second-order valence-electron chi connectivity index (χ2n) is 3.02. The number of hydrogen-bond acceptors (Lipinski definition) is 2. The van der Waals surface area contributed by atoms with Gasteiger partial charge in [-0.05, 0) is 43.4 Å². The Balaban J connectivity index is 2.92. The van der Waals surface area contributed by atoms with Crippen molar-refractivity contribution in [1.82, 2.24) is 0 Å². The molecule has 0 aromatic carbocycles. The molecule has 1 heterocycles. The third-order valence-corrected chi connectivity index (χ3v) is 2.86. The van der Waals surface area contributed by atoms with Gasteiger partial charge in [0.25, 0.3) is 0 Å². The average Bonchev–Trinajstić information content (AvgIpc) is 2.33. The summed E-state index contributed by atoms with van der Waals surface area (Å²) in [6, 6.07) is 2.10. The Bertz CT molecular complexity index is 284. The third-order valence-electron chi connectivity index (χ3n) is 1.71. The van der Waals surface area contributed by atoms with E-state index in [1.54, 1.807) is 18.3 Å². The third kappa shape index (κ3) is 2.19. The number of hydrogen-bond donors (Lipinski definition) is 1. The molecule has 0 spiro atoms. The highest BCUT2D eigenvalue weighted by Crippen LogP contribution is 2.24. The largest absolute Gasteiger partial charge is 0.389 e. The topological polar surface area (TPSA) is 20.2 Å². The molecule has 1 aromatic rings. The number of aliphatic hydroxyl groups excluding tert-OH is 1. The Hall–Kier alpha value is -0.600. The Morgan fingerprint density at radius 2 is 2.33 bits per heavy atom. The highest BCUT2D eigenvalue weighted by Gasteiger charge is 2.02. The van der Waals surface area contributed by atoms with Crippen LogP contribution in [0.2, 0.25) is 0 Å². The molecule has 12 heavy (non-hydrogen) atoms. The van der Waals surface area contributed by atoms with Gasteiger partial charge in [-0.2, -0.15) is 0 Å². The fourth-order valence-corrected chi connectivity index (χ4v) is 2.13. The predicted molar refractivity (Wildman–Crippen MR) is 54.4 cm³/mol. The molecule has 1 atom stereocenters. The predicted octanol–water partition coefficient (Wildman–Crippen LogP) is 2.84. The lowest BCUT2D eigenvalue weighted by atomic mass is 10.1. The van der Waals surface area contributed by atoms with Crippen LogP contribution in [0.25, 0.3) is 5.57 Å². The number of aryl methyl sites for hydroxylation is 1. The zero-order chi connectivity index (χ0) is 9.14. The van der Waals surface area contributed by atoms with E-state index in [1.807, 2.05) is 13.0 Å².